The number of hydrogen-bond donors (Lipinski definition) is 1. The highest BCUT2D eigenvalue weighted by atomic mass is 79.9. The van der Waals surface area contributed by atoms with Crippen molar-refractivity contribution in [3.05, 3.63) is 44.1 Å². The minimum atomic E-state index is 0.0723. The highest BCUT2D eigenvalue weighted by Gasteiger charge is 2.23. The van der Waals surface area contributed by atoms with E-state index in [2.05, 4.69) is 42.3 Å². The molecule has 0 saturated carbocycles. The van der Waals surface area contributed by atoms with E-state index in [4.69, 9.17) is 5.73 Å². The smallest absolute Gasteiger partial charge is 0.129 e. The van der Waals surface area contributed by atoms with Gasteiger partial charge in [-0.3, -0.25) is 4.99 Å². The van der Waals surface area contributed by atoms with Crippen LogP contribution in [-0.2, 0) is 6.42 Å². The van der Waals surface area contributed by atoms with Gasteiger partial charge >= 0.3 is 0 Å². The van der Waals surface area contributed by atoms with Crippen LogP contribution in [0.25, 0.3) is 0 Å². The molecule has 3 heterocycles. The SMILES string of the molecule is Cc1ncc2c(n1)C[C@@H](c1cc(Br)cs1)N=C2N. The summed E-state index contributed by atoms with van der Waals surface area (Å²) in [5.74, 6) is 1.31. The molecule has 0 saturated heterocycles. The van der Waals surface area contributed by atoms with Crippen molar-refractivity contribution in [1.82, 2.24) is 9.97 Å². The number of halogens is 1. The Balaban J connectivity index is 2.02. The Morgan fingerprint density at radius 3 is 3.06 bits per heavy atom. The summed E-state index contributed by atoms with van der Waals surface area (Å²) in [6, 6.07) is 2.16. The van der Waals surface area contributed by atoms with Gasteiger partial charge in [-0.1, -0.05) is 0 Å². The van der Waals surface area contributed by atoms with Gasteiger partial charge in [-0.05, 0) is 28.9 Å². The molecule has 0 bridgehead atoms. The molecule has 92 valence electrons. The molecule has 0 fully saturated rings. The average molecular weight is 323 g/mol. The summed E-state index contributed by atoms with van der Waals surface area (Å²) in [5.41, 5.74) is 7.85. The number of nitrogens with zero attached hydrogens (tertiary/aromatic N) is 3. The molecular weight excluding hydrogens is 312 g/mol. The van der Waals surface area contributed by atoms with Crippen LogP contribution in [0, 0.1) is 6.92 Å². The molecular formula is C12H11BrN4S. The van der Waals surface area contributed by atoms with Gasteiger partial charge in [0, 0.05) is 27.3 Å². The number of aromatic nitrogens is 2. The molecule has 0 unspecified atom stereocenters. The van der Waals surface area contributed by atoms with Crippen molar-refractivity contribution < 1.29 is 0 Å². The maximum absolute atomic E-state index is 5.99. The standard InChI is InChI=1S/C12H11BrN4S/c1-6-15-4-8-9(16-6)3-10(17-12(8)14)11-2-7(13)5-18-11/h2,4-5,10H,3H2,1H3,(H2,14,17)/t10-/m0/s1. The maximum atomic E-state index is 5.99. The largest absolute Gasteiger partial charge is 0.383 e. The highest BCUT2D eigenvalue weighted by molar-refractivity contribution is 9.10. The van der Waals surface area contributed by atoms with E-state index in [0.29, 0.717) is 5.84 Å². The zero-order chi connectivity index (χ0) is 12.7. The number of rotatable bonds is 1. The number of aryl methyl sites for hydroxylation is 1. The minimum Gasteiger partial charge on any atom is -0.383 e. The predicted octanol–water partition coefficient (Wildman–Crippen LogP) is 2.61. The molecule has 1 atom stereocenters. The van der Waals surface area contributed by atoms with E-state index >= 15 is 0 Å². The number of thiophene rings is 1. The fraction of sp³-hybridized carbons (Fsp3) is 0.250. The maximum Gasteiger partial charge on any atom is 0.129 e. The molecule has 2 N–H and O–H groups in total. The Morgan fingerprint density at radius 1 is 1.50 bits per heavy atom. The van der Waals surface area contributed by atoms with Gasteiger partial charge in [0.15, 0.2) is 0 Å². The number of nitrogens with two attached hydrogens (primary N) is 1. The fourth-order valence-electron chi connectivity index (χ4n) is 2.02. The van der Waals surface area contributed by atoms with E-state index in [-0.39, 0.29) is 6.04 Å². The van der Waals surface area contributed by atoms with Gasteiger partial charge in [0.2, 0.25) is 0 Å². The van der Waals surface area contributed by atoms with Crippen molar-refractivity contribution in [3.8, 4) is 0 Å². The van der Waals surface area contributed by atoms with Crippen LogP contribution < -0.4 is 5.73 Å². The van der Waals surface area contributed by atoms with Gasteiger partial charge in [0.05, 0.1) is 17.3 Å². The molecule has 18 heavy (non-hydrogen) atoms. The first-order valence-electron chi connectivity index (χ1n) is 5.53. The van der Waals surface area contributed by atoms with Gasteiger partial charge in [0.25, 0.3) is 0 Å². The molecule has 0 spiro atoms. The zero-order valence-electron chi connectivity index (χ0n) is 9.72. The summed E-state index contributed by atoms with van der Waals surface area (Å²) < 4.78 is 1.08. The van der Waals surface area contributed by atoms with Crippen LogP contribution in [0.5, 0.6) is 0 Å². The molecule has 4 nitrogen and oxygen atoms in total. The summed E-state index contributed by atoms with van der Waals surface area (Å²) in [6.45, 7) is 1.89. The Hall–Kier alpha value is -1.27. The van der Waals surface area contributed by atoms with E-state index in [9.17, 15) is 0 Å². The van der Waals surface area contributed by atoms with Crippen molar-refractivity contribution in [2.24, 2.45) is 10.7 Å². The molecule has 2 aromatic heterocycles. The van der Waals surface area contributed by atoms with Crippen LogP contribution in [0.15, 0.2) is 27.1 Å². The lowest BCUT2D eigenvalue weighted by atomic mass is 10.0. The van der Waals surface area contributed by atoms with Gasteiger partial charge in [-0.2, -0.15) is 0 Å². The fourth-order valence-corrected chi connectivity index (χ4v) is 3.50. The van der Waals surface area contributed by atoms with Crippen molar-refractivity contribution in [3.63, 3.8) is 0 Å². The summed E-state index contributed by atoms with van der Waals surface area (Å²) in [5, 5.41) is 2.06. The molecule has 2 aromatic rings. The summed E-state index contributed by atoms with van der Waals surface area (Å²) in [4.78, 5) is 14.4. The molecule has 1 aliphatic heterocycles. The number of amidine groups is 1. The van der Waals surface area contributed by atoms with E-state index in [1.807, 2.05) is 6.92 Å². The second kappa shape index (κ2) is 4.44. The monoisotopic (exact) mass is 322 g/mol. The molecule has 0 aromatic carbocycles. The van der Waals surface area contributed by atoms with Crippen LogP contribution in [0.4, 0.5) is 0 Å². The Morgan fingerprint density at radius 2 is 2.33 bits per heavy atom. The summed E-state index contributed by atoms with van der Waals surface area (Å²) in [6.07, 6.45) is 2.55. The molecule has 0 amide bonds. The third kappa shape index (κ3) is 2.06. The van der Waals surface area contributed by atoms with E-state index < -0.39 is 0 Å². The average Bonchev–Trinajstić information content (AvgIpc) is 2.75. The molecule has 3 rings (SSSR count). The van der Waals surface area contributed by atoms with Crippen molar-refractivity contribution in [2.75, 3.05) is 0 Å². The van der Waals surface area contributed by atoms with E-state index in [0.717, 1.165) is 28.0 Å². The van der Waals surface area contributed by atoms with Crippen LogP contribution >= 0.6 is 27.3 Å². The topological polar surface area (TPSA) is 64.2 Å². The van der Waals surface area contributed by atoms with Gasteiger partial charge < -0.3 is 5.73 Å². The number of fused-ring (bicyclic) bond motifs is 1. The number of hydrogen-bond acceptors (Lipinski definition) is 5. The molecule has 0 aliphatic carbocycles. The Kier molecular flexibility index (Phi) is 2.91. The van der Waals surface area contributed by atoms with Gasteiger partial charge in [0.1, 0.15) is 11.7 Å². The Bertz CT molecular complexity index is 635. The van der Waals surface area contributed by atoms with Crippen LogP contribution in [0.2, 0.25) is 0 Å². The summed E-state index contributed by atoms with van der Waals surface area (Å²) >= 11 is 5.15. The number of aliphatic imine (C=N–C) groups is 1. The first-order valence-corrected chi connectivity index (χ1v) is 7.21. The highest BCUT2D eigenvalue weighted by Crippen LogP contribution is 2.33. The molecule has 6 heteroatoms. The summed E-state index contributed by atoms with van der Waals surface area (Å²) in [7, 11) is 0. The van der Waals surface area contributed by atoms with E-state index in [1.165, 1.54) is 4.88 Å². The molecule has 1 aliphatic rings. The van der Waals surface area contributed by atoms with Crippen LogP contribution in [-0.4, -0.2) is 15.8 Å². The predicted molar refractivity (Wildman–Crippen MR) is 76.0 cm³/mol. The van der Waals surface area contributed by atoms with Crippen molar-refractivity contribution >= 4 is 33.1 Å². The van der Waals surface area contributed by atoms with Gasteiger partial charge in [-0.15, -0.1) is 11.3 Å². The third-order valence-electron chi connectivity index (χ3n) is 2.86. The minimum absolute atomic E-state index is 0.0723. The van der Waals surface area contributed by atoms with Crippen LogP contribution in [0.1, 0.15) is 28.0 Å². The van der Waals surface area contributed by atoms with Crippen molar-refractivity contribution in [2.45, 2.75) is 19.4 Å². The molecule has 0 radical (unpaired) electrons. The Labute approximate surface area is 117 Å². The first kappa shape index (κ1) is 11.8. The zero-order valence-corrected chi connectivity index (χ0v) is 12.1. The lowest BCUT2D eigenvalue weighted by Crippen LogP contribution is -2.24. The second-order valence-electron chi connectivity index (χ2n) is 4.18. The lowest BCUT2D eigenvalue weighted by molar-refractivity contribution is 0.698. The van der Waals surface area contributed by atoms with Crippen molar-refractivity contribution in [1.29, 1.82) is 0 Å². The lowest BCUT2D eigenvalue weighted by Gasteiger charge is -2.19. The van der Waals surface area contributed by atoms with Gasteiger partial charge in [-0.25, -0.2) is 9.97 Å². The second-order valence-corrected chi connectivity index (χ2v) is 6.04. The quantitative estimate of drug-likeness (QED) is 0.877. The van der Waals surface area contributed by atoms with Crippen LogP contribution in [0.3, 0.4) is 0 Å². The normalized spacial score (nSPS) is 18.3. The third-order valence-corrected chi connectivity index (χ3v) is 4.66. The first-order chi connectivity index (χ1) is 8.63. The van der Waals surface area contributed by atoms with E-state index in [1.54, 1.807) is 17.5 Å².